The van der Waals surface area contributed by atoms with Crippen molar-refractivity contribution in [1.82, 2.24) is 10.2 Å². The second-order valence-electron chi connectivity index (χ2n) is 8.38. The molecule has 5 atom stereocenters. The maximum atomic E-state index is 3.71. The Labute approximate surface area is 119 Å². The fraction of sp³-hybridized carbons (Fsp3) is 1.00. The zero-order valence-electron chi connectivity index (χ0n) is 13.5. The Morgan fingerprint density at radius 2 is 2.00 bits per heavy atom. The molecule has 2 saturated carbocycles. The molecule has 1 aliphatic heterocycles. The number of fused-ring (bicyclic) bond motifs is 2. The van der Waals surface area contributed by atoms with Crippen molar-refractivity contribution in [2.24, 2.45) is 16.7 Å². The molecular weight excluding hydrogens is 232 g/mol. The zero-order chi connectivity index (χ0) is 13.8. The summed E-state index contributed by atoms with van der Waals surface area (Å²) in [7, 11) is 0. The molecule has 3 fully saturated rings. The van der Waals surface area contributed by atoms with E-state index in [1.54, 1.807) is 0 Å². The van der Waals surface area contributed by atoms with Crippen LogP contribution in [-0.2, 0) is 0 Å². The van der Waals surface area contributed by atoms with Gasteiger partial charge in [0.2, 0.25) is 0 Å². The molecule has 3 rings (SSSR count). The van der Waals surface area contributed by atoms with Gasteiger partial charge in [0, 0.05) is 31.2 Å². The predicted octanol–water partition coefficient (Wildman–Crippen LogP) is 3.27. The lowest BCUT2D eigenvalue weighted by Crippen LogP contribution is -2.64. The number of piperazine rings is 1. The monoisotopic (exact) mass is 264 g/mol. The van der Waals surface area contributed by atoms with E-state index in [1.165, 1.54) is 38.8 Å². The van der Waals surface area contributed by atoms with Crippen molar-refractivity contribution in [3.8, 4) is 0 Å². The lowest BCUT2D eigenvalue weighted by atomic mass is 9.67. The summed E-state index contributed by atoms with van der Waals surface area (Å²) in [5.74, 6) is 0.963. The van der Waals surface area contributed by atoms with E-state index in [1.807, 2.05) is 0 Å². The quantitative estimate of drug-likeness (QED) is 0.823. The second kappa shape index (κ2) is 4.46. The molecule has 2 bridgehead atoms. The Morgan fingerprint density at radius 1 is 1.26 bits per heavy atom. The molecule has 0 aromatic carbocycles. The van der Waals surface area contributed by atoms with Crippen molar-refractivity contribution in [1.29, 1.82) is 0 Å². The van der Waals surface area contributed by atoms with Crippen LogP contribution >= 0.6 is 0 Å². The van der Waals surface area contributed by atoms with Gasteiger partial charge in [-0.25, -0.2) is 0 Å². The minimum Gasteiger partial charge on any atom is -0.311 e. The predicted molar refractivity (Wildman–Crippen MR) is 81.3 cm³/mol. The highest BCUT2D eigenvalue weighted by Gasteiger charge is 2.61. The smallest absolute Gasteiger partial charge is 0.0207 e. The normalized spacial score (nSPS) is 49.7. The van der Waals surface area contributed by atoms with Crippen molar-refractivity contribution in [2.75, 3.05) is 13.1 Å². The third kappa shape index (κ3) is 1.98. The lowest BCUT2D eigenvalue weighted by molar-refractivity contribution is -0.0360. The van der Waals surface area contributed by atoms with E-state index < -0.39 is 0 Å². The highest BCUT2D eigenvalue weighted by Crippen LogP contribution is 2.64. The highest BCUT2D eigenvalue weighted by atomic mass is 15.3. The standard InChI is InChI=1S/C17H32N2/c1-6-14-11-19(12(2)10-18-14)15-16(3,4)13-7-8-17(15,5)9-13/h12-15,18H,6-11H2,1-5H3. The molecule has 1 saturated heterocycles. The molecule has 3 aliphatic rings. The van der Waals surface area contributed by atoms with E-state index in [9.17, 15) is 0 Å². The van der Waals surface area contributed by atoms with Gasteiger partial charge in [0.1, 0.15) is 0 Å². The lowest BCUT2D eigenvalue weighted by Gasteiger charge is -2.53. The van der Waals surface area contributed by atoms with Crippen LogP contribution in [-0.4, -0.2) is 36.1 Å². The summed E-state index contributed by atoms with van der Waals surface area (Å²) >= 11 is 0. The van der Waals surface area contributed by atoms with Crippen molar-refractivity contribution in [3.05, 3.63) is 0 Å². The van der Waals surface area contributed by atoms with E-state index in [2.05, 4.69) is 44.8 Å². The minimum absolute atomic E-state index is 0.511. The second-order valence-corrected chi connectivity index (χ2v) is 8.38. The van der Waals surface area contributed by atoms with Gasteiger partial charge in [-0.05, 0) is 49.4 Å². The van der Waals surface area contributed by atoms with Gasteiger partial charge in [-0.3, -0.25) is 4.90 Å². The van der Waals surface area contributed by atoms with E-state index in [-0.39, 0.29) is 0 Å². The Hall–Kier alpha value is -0.0800. The zero-order valence-corrected chi connectivity index (χ0v) is 13.5. The topological polar surface area (TPSA) is 15.3 Å². The largest absolute Gasteiger partial charge is 0.311 e. The molecule has 0 radical (unpaired) electrons. The Bertz CT molecular complexity index is 346. The summed E-state index contributed by atoms with van der Waals surface area (Å²) in [5.41, 5.74) is 1.09. The maximum absolute atomic E-state index is 3.71. The molecule has 0 spiro atoms. The molecule has 5 unspecified atom stereocenters. The summed E-state index contributed by atoms with van der Waals surface area (Å²) in [6, 6.07) is 2.20. The van der Waals surface area contributed by atoms with Gasteiger partial charge in [-0.1, -0.05) is 27.7 Å². The van der Waals surface area contributed by atoms with E-state index >= 15 is 0 Å². The van der Waals surface area contributed by atoms with Crippen LogP contribution in [0.2, 0.25) is 0 Å². The van der Waals surface area contributed by atoms with Gasteiger partial charge in [-0.2, -0.15) is 0 Å². The fourth-order valence-electron chi connectivity index (χ4n) is 5.69. The van der Waals surface area contributed by atoms with Gasteiger partial charge in [0.05, 0.1) is 0 Å². The summed E-state index contributed by atoms with van der Waals surface area (Å²) in [6.45, 7) is 14.8. The van der Waals surface area contributed by atoms with Crippen molar-refractivity contribution >= 4 is 0 Å². The van der Waals surface area contributed by atoms with Crippen LogP contribution in [0.15, 0.2) is 0 Å². The first-order valence-electron chi connectivity index (χ1n) is 8.37. The Balaban J connectivity index is 1.87. The molecule has 19 heavy (non-hydrogen) atoms. The third-order valence-corrected chi connectivity index (χ3v) is 6.72. The average Bonchev–Trinajstić information content (AvgIpc) is 2.82. The summed E-state index contributed by atoms with van der Waals surface area (Å²) in [6.07, 6.45) is 5.66. The molecule has 0 aromatic rings. The molecule has 1 N–H and O–H groups in total. The molecule has 1 heterocycles. The molecule has 0 amide bonds. The van der Waals surface area contributed by atoms with Gasteiger partial charge in [0.25, 0.3) is 0 Å². The van der Waals surface area contributed by atoms with Crippen LogP contribution in [0.1, 0.15) is 60.3 Å². The van der Waals surface area contributed by atoms with Crippen LogP contribution in [0.25, 0.3) is 0 Å². The molecule has 2 aliphatic carbocycles. The Morgan fingerprint density at radius 3 is 2.58 bits per heavy atom. The third-order valence-electron chi connectivity index (χ3n) is 6.72. The molecular formula is C17H32N2. The van der Waals surface area contributed by atoms with Crippen LogP contribution in [0.5, 0.6) is 0 Å². The maximum Gasteiger partial charge on any atom is 0.0207 e. The van der Waals surface area contributed by atoms with Gasteiger partial charge in [-0.15, -0.1) is 0 Å². The summed E-state index contributed by atoms with van der Waals surface area (Å²) in [5, 5.41) is 3.71. The van der Waals surface area contributed by atoms with E-state index in [0.717, 1.165) is 12.0 Å². The highest BCUT2D eigenvalue weighted by molar-refractivity contribution is 5.14. The first-order chi connectivity index (χ1) is 8.88. The fourth-order valence-corrected chi connectivity index (χ4v) is 5.69. The number of hydrogen-bond donors (Lipinski definition) is 1. The van der Waals surface area contributed by atoms with Crippen LogP contribution < -0.4 is 5.32 Å². The van der Waals surface area contributed by atoms with E-state index in [0.29, 0.717) is 22.9 Å². The first kappa shape index (κ1) is 13.9. The summed E-state index contributed by atoms with van der Waals surface area (Å²) in [4.78, 5) is 2.88. The van der Waals surface area contributed by atoms with Crippen LogP contribution in [0.3, 0.4) is 0 Å². The number of rotatable bonds is 2. The molecule has 2 nitrogen and oxygen atoms in total. The van der Waals surface area contributed by atoms with Crippen molar-refractivity contribution < 1.29 is 0 Å². The van der Waals surface area contributed by atoms with Crippen LogP contribution in [0.4, 0.5) is 0 Å². The van der Waals surface area contributed by atoms with Gasteiger partial charge < -0.3 is 5.32 Å². The molecule has 110 valence electrons. The van der Waals surface area contributed by atoms with E-state index in [4.69, 9.17) is 0 Å². The minimum atomic E-state index is 0.511. The average molecular weight is 264 g/mol. The molecule has 2 heteroatoms. The van der Waals surface area contributed by atoms with Gasteiger partial charge in [0.15, 0.2) is 0 Å². The Kier molecular flexibility index (Phi) is 3.26. The van der Waals surface area contributed by atoms with Crippen LogP contribution in [0, 0.1) is 16.7 Å². The van der Waals surface area contributed by atoms with Gasteiger partial charge >= 0.3 is 0 Å². The van der Waals surface area contributed by atoms with Crippen molar-refractivity contribution in [2.45, 2.75) is 78.4 Å². The summed E-state index contributed by atoms with van der Waals surface area (Å²) < 4.78 is 0. The number of hydrogen-bond acceptors (Lipinski definition) is 2. The molecule has 0 aromatic heterocycles. The SMILES string of the molecule is CCC1CN(C2C3(C)CCC(C3)C2(C)C)C(C)CN1. The number of nitrogens with zero attached hydrogens (tertiary/aromatic N) is 1. The van der Waals surface area contributed by atoms with Crippen molar-refractivity contribution in [3.63, 3.8) is 0 Å². The first-order valence-corrected chi connectivity index (χ1v) is 8.37. The number of nitrogens with one attached hydrogen (secondary N) is 1.